The van der Waals surface area contributed by atoms with Gasteiger partial charge in [0, 0.05) is 43.2 Å². The molecule has 0 atom stereocenters. The van der Waals surface area contributed by atoms with E-state index in [4.69, 9.17) is 4.74 Å². The van der Waals surface area contributed by atoms with Crippen LogP contribution in [0.2, 0.25) is 0 Å². The maximum Gasteiger partial charge on any atom is 0.223 e. The number of likely N-dealkylation sites (N-methyl/N-ethyl adjacent to an activating group) is 2. The van der Waals surface area contributed by atoms with Gasteiger partial charge in [-0.1, -0.05) is 18.2 Å². The highest BCUT2D eigenvalue weighted by Gasteiger charge is 2.29. The number of benzene rings is 1. The lowest BCUT2D eigenvalue weighted by atomic mass is 9.79. The first-order chi connectivity index (χ1) is 14.7. The second kappa shape index (κ2) is 11.7. The number of carbonyl (C=O) groups excluding carboxylic acids is 1. The summed E-state index contributed by atoms with van der Waals surface area (Å²) in [5.74, 6) is 1.52. The molecular weight excluding hydrogens is 378 g/mol. The predicted octanol–water partition coefficient (Wildman–Crippen LogP) is 2.53. The number of H-pyrrole nitrogens is 1. The summed E-state index contributed by atoms with van der Waals surface area (Å²) in [6.07, 6.45) is 5.87. The topological polar surface area (TPSA) is 82.3 Å². The van der Waals surface area contributed by atoms with Gasteiger partial charge >= 0.3 is 0 Å². The van der Waals surface area contributed by atoms with Gasteiger partial charge in [-0.3, -0.25) is 9.89 Å². The first kappa shape index (κ1) is 22.3. The molecular formula is C23H35N5O2. The number of para-hydroxylation sites is 1. The third-order valence-electron chi connectivity index (χ3n) is 5.83. The number of nitrogens with one attached hydrogen (secondary N) is 3. The molecule has 1 saturated carbocycles. The van der Waals surface area contributed by atoms with E-state index >= 15 is 0 Å². The average molecular weight is 414 g/mol. The lowest BCUT2D eigenvalue weighted by Crippen LogP contribution is -2.35. The Morgan fingerprint density at radius 2 is 1.97 bits per heavy atom. The quantitative estimate of drug-likeness (QED) is 0.493. The number of carbonyl (C=O) groups is 1. The molecule has 164 valence electrons. The predicted molar refractivity (Wildman–Crippen MR) is 118 cm³/mol. The fourth-order valence-electron chi connectivity index (χ4n) is 4.11. The van der Waals surface area contributed by atoms with Crippen LogP contribution in [0.1, 0.15) is 42.9 Å². The first-order valence-corrected chi connectivity index (χ1v) is 11.0. The van der Waals surface area contributed by atoms with Crippen LogP contribution in [0.15, 0.2) is 36.5 Å². The van der Waals surface area contributed by atoms with Crippen molar-refractivity contribution in [1.82, 2.24) is 25.7 Å². The van der Waals surface area contributed by atoms with Gasteiger partial charge in [0.05, 0.1) is 12.2 Å². The number of aromatic nitrogens is 2. The van der Waals surface area contributed by atoms with Gasteiger partial charge in [0.2, 0.25) is 5.91 Å². The van der Waals surface area contributed by atoms with E-state index in [0.29, 0.717) is 19.1 Å². The molecule has 1 aromatic heterocycles. The molecule has 0 unspecified atom stereocenters. The van der Waals surface area contributed by atoms with Gasteiger partial charge in [0.25, 0.3) is 0 Å². The summed E-state index contributed by atoms with van der Waals surface area (Å²) >= 11 is 0. The second-order valence-corrected chi connectivity index (χ2v) is 8.14. The molecule has 0 saturated heterocycles. The number of nitrogens with zero attached hydrogens (tertiary/aromatic N) is 2. The molecule has 1 aliphatic carbocycles. The number of hydrogen-bond acceptors (Lipinski definition) is 5. The zero-order valence-electron chi connectivity index (χ0n) is 18.2. The molecule has 1 amide bonds. The highest BCUT2D eigenvalue weighted by Crippen LogP contribution is 2.36. The number of hydrogen-bond donors (Lipinski definition) is 3. The van der Waals surface area contributed by atoms with E-state index in [0.717, 1.165) is 51.1 Å². The Labute approximate surface area is 179 Å². The van der Waals surface area contributed by atoms with Gasteiger partial charge in [0.1, 0.15) is 12.4 Å². The number of aromatic amines is 1. The number of ether oxygens (including phenoxy) is 1. The minimum Gasteiger partial charge on any atom is -0.492 e. The molecule has 3 rings (SSSR count). The van der Waals surface area contributed by atoms with Crippen molar-refractivity contribution >= 4 is 5.91 Å². The van der Waals surface area contributed by atoms with Crippen molar-refractivity contribution in [2.75, 3.05) is 40.3 Å². The van der Waals surface area contributed by atoms with E-state index in [9.17, 15) is 4.79 Å². The molecule has 3 N–H and O–H groups in total. The lowest BCUT2D eigenvalue weighted by Gasteiger charge is -2.28. The van der Waals surface area contributed by atoms with Crippen molar-refractivity contribution in [3.8, 4) is 5.75 Å². The minimum atomic E-state index is 0.0960. The third kappa shape index (κ3) is 6.57. The van der Waals surface area contributed by atoms with E-state index < -0.39 is 0 Å². The monoisotopic (exact) mass is 413 g/mol. The third-order valence-corrected chi connectivity index (χ3v) is 5.83. The summed E-state index contributed by atoms with van der Waals surface area (Å²) in [5.41, 5.74) is 2.46. The molecule has 2 aromatic rings. The van der Waals surface area contributed by atoms with Crippen LogP contribution in [0.5, 0.6) is 5.75 Å². The lowest BCUT2D eigenvalue weighted by molar-refractivity contribution is -0.126. The smallest absolute Gasteiger partial charge is 0.223 e. The van der Waals surface area contributed by atoms with Gasteiger partial charge in [0.15, 0.2) is 0 Å². The zero-order valence-corrected chi connectivity index (χ0v) is 18.2. The fraction of sp³-hybridized carbons (Fsp3) is 0.565. The first-order valence-electron chi connectivity index (χ1n) is 11.0. The maximum atomic E-state index is 12.5. The molecule has 0 spiro atoms. The summed E-state index contributed by atoms with van der Waals surface area (Å²) in [5, 5.41) is 13.8. The van der Waals surface area contributed by atoms with Crippen molar-refractivity contribution in [2.24, 2.45) is 5.92 Å². The van der Waals surface area contributed by atoms with Crippen LogP contribution in [0.3, 0.4) is 0 Å². The van der Waals surface area contributed by atoms with Gasteiger partial charge < -0.3 is 20.3 Å². The van der Waals surface area contributed by atoms with Gasteiger partial charge in [-0.25, -0.2) is 0 Å². The van der Waals surface area contributed by atoms with Crippen LogP contribution < -0.4 is 15.4 Å². The van der Waals surface area contributed by atoms with Crippen molar-refractivity contribution in [3.05, 3.63) is 47.8 Å². The zero-order chi connectivity index (χ0) is 21.2. The highest BCUT2D eigenvalue weighted by molar-refractivity contribution is 5.78. The average Bonchev–Trinajstić information content (AvgIpc) is 3.24. The van der Waals surface area contributed by atoms with E-state index in [1.54, 1.807) is 0 Å². The molecule has 0 bridgehead atoms. The second-order valence-electron chi connectivity index (χ2n) is 8.14. The Balaban J connectivity index is 1.39. The SMILES string of the molecule is CNCCN(C)Cc1c[nH]nc1[C@H]1CC[C@H](C(=O)NCCOc2ccccc2)CC1. The minimum absolute atomic E-state index is 0.0960. The van der Waals surface area contributed by atoms with E-state index in [2.05, 4.69) is 32.8 Å². The van der Waals surface area contributed by atoms with E-state index in [1.807, 2.05) is 43.6 Å². The molecule has 1 aliphatic rings. The van der Waals surface area contributed by atoms with Crippen LogP contribution in [-0.4, -0.2) is 61.3 Å². The van der Waals surface area contributed by atoms with Crippen LogP contribution in [0.25, 0.3) is 0 Å². The molecule has 0 aliphatic heterocycles. The number of rotatable bonds is 11. The summed E-state index contributed by atoms with van der Waals surface area (Å²) in [4.78, 5) is 14.8. The summed E-state index contributed by atoms with van der Waals surface area (Å²) in [6.45, 7) is 3.90. The molecule has 1 fully saturated rings. The molecule has 1 aromatic carbocycles. The maximum absolute atomic E-state index is 12.5. The van der Waals surface area contributed by atoms with E-state index in [1.165, 1.54) is 11.3 Å². The molecule has 1 heterocycles. The van der Waals surface area contributed by atoms with Crippen molar-refractivity contribution in [1.29, 1.82) is 0 Å². The van der Waals surface area contributed by atoms with E-state index in [-0.39, 0.29) is 11.8 Å². The fourth-order valence-corrected chi connectivity index (χ4v) is 4.11. The largest absolute Gasteiger partial charge is 0.492 e. The summed E-state index contributed by atoms with van der Waals surface area (Å²) < 4.78 is 5.64. The molecule has 7 heteroatoms. The molecule has 7 nitrogen and oxygen atoms in total. The normalized spacial score (nSPS) is 19.0. The Kier molecular flexibility index (Phi) is 8.71. The van der Waals surface area contributed by atoms with Gasteiger partial charge in [-0.05, 0) is 51.9 Å². The Morgan fingerprint density at radius 3 is 2.70 bits per heavy atom. The van der Waals surface area contributed by atoms with Crippen molar-refractivity contribution in [3.63, 3.8) is 0 Å². The van der Waals surface area contributed by atoms with Crippen LogP contribution in [-0.2, 0) is 11.3 Å². The summed E-state index contributed by atoms with van der Waals surface area (Å²) in [6, 6.07) is 9.68. The van der Waals surface area contributed by atoms with Crippen LogP contribution in [0.4, 0.5) is 0 Å². The summed E-state index contributed by atoms with van der Waals surface area (Å²) in [7, 11) is 4.11. The van der Waals surface area contributed by atoms with Crippen molar-refractivity contribution < 1.29 is 9.53 Å². The number of amides is 1. The van der Waals surface area contributed by atoms with Crippen LogP contribution >= 0.6 is 0 Å². The molecule has 30 heavy (non-hydrogen) atoms. The standard InChI is InChI=1S/C23H35N5O2/c1-24-12-14-28(2)17-20-16-26-27-22(20)18-8-10-19(11-9-18)23(29)25-13-15-30-21-6-4-3-5-7-21/h3-7,16,18-19,24H,8-15,17H2,1-2H3,(H,25,29)(H,26,27)/t18-,19-. The molecule has 0 radical (unpaired) electrons. The van der Waals surface area contributed by atoms with Crippen molar-refractivity contribution in [2.45, 2.75) is 38.1 Å². The Hall–Kier alpha value is -2.38. The highest BCUT2D eigenvalue weighted by atomic mass is 16.5. The van der Waals surface area contributed by atoms with Crippen LogP contribution in [0, 0.1) is 5.92 Å². The van der Waals surface area contributed by atoms with Gasteiger partial charge in [-0.15, -0.1) is 0 Å². The Bertz CT molecular complexity index is 756. The Morgan fingerprint density at radius 1 is 1.20 bits per heavy atom. The van der Waals surface area contributed by atoms with Gasteiger partial charge in [-0.2, -0.15) is 5.10 Å².